The van der Waals surface area contributed by atoms with Gasteiger partial charge in [0.25, 0.3) is 0 Å². The third kappa shape index (κ3) is 3.10. The average Bonchev–Trinajstić information content (AvgIpc) is 3.06. The Hall–Kier alpha value is -3.37. The molecule has 2 aromatic carbocycles. The molecule has 0 spiro atoms. The zero-order valence-corrected chi connectivity index (χ0v) is 17.4. The van der Waals surface area contributed by atoms with Crippen LogP contribution < -0.4 is 9.71 Å². The quantitative estimate of drug-likeness (QED) is 0.723. The van der Waals surface area contributed by atoms with Gasteiger partial charge in [-0.3, -0.25) is 0 Å². The number of hydrogen-bond donors (Lipinski definition) is 0. The van der Waals surface area contributed by atoms with Crippen molar-refractivity contribution in [2.75, 3.05) is 42.9 Å². The lowest BCUT2D eigenvalue weighted by Gasteiger charge is -2.34. The maximum absolute atomic E-state index is 9.87. The molecule has 148 valence electrons. The second-order valence-corrected chi connectivity index (χ2v) is 7.99. The van der Waals surface area contributed by atoms with E-state index in [1.54, 1.807) is 0 Å². The van der Waals surface area contributed by atoms with Crippen molar-refractivity contribution >= 4 is 30.1 Å². The van der Waals surface area contributed by atoms with Crippen molar-refractivity contribution < 1.29 is 4.61 Å². The highest BCUT2D eigenvalue weighted by atomic mass is 15.4. The highest BCUT2D eigenvalue weighted by Crippen LogP contribution is 2.38. The number of azo groups is 1. The van der Waals surface area contributed by atoms with Crippen molar-refractivity contribution in [1.29, 1.82) is 5.26 Å². The van der Waals surface area contributed by atoms with E-state index in [2.05, 4.69) is 64.9 Å². The Morgan fingerprint density at radius 3 is 2.47 bits per heavy atom. The van der Waals surface area contributed by atoms with Crippen LogP contribution >= 0.6 is 0 Å². The molecule has 0 N–H and O–H groups in total. The van der Waals surface area contributed by atoms with Crippen LogP contribution in [0.3, 0.4) is 0 Å². The summed E-state index contributed by atoms with van der Waals surface area (Å²) in [5.74, 6) is 0. The maximum Gasteiger partial charge on any atom is 0.644 e. The number of nitrogens with zero attached hydrogens (tertiary/aromatic N) is 6. The first-order chi connectivity index (χ1) is 14.7. The van der Waals surface area contributed by atoms with Gasteiger partial charge in [-0.1, -0.05) is 24.3 Å². The van der Waals surface area contributed by atoms with Crippen LogP contribution in [-0.4, -0.2) is 49.7 Å². The van der Waals surface area contributed by atoms with Crippen molar-refractivity contribution in [3.8, 4) is 6.07 Å². The smallest absolute Gasteiger partial charge is 0.369 e. The van der Waals surface area contributed by atoms with E-state index in [9.17, 15) is 5.26 Å². The number of piperazine rings is 1. The van der Waals surface area contributed by atoms with Crippen LogP contribution in [0.2, 0.25) is 6.82 Å². The molecule has 0 bridgehead atoms. The monoisotopic (exact) mass is 395 g/mol. The van der Waals surface area contributed by atoms with Crippen molar-refractivity contribution in [1.82, 2.24) is 4.90 Å². The fourth-order valence-corrected chi connectivity index (χ4v) is 4.40. The number of hydrogen-bond acceptors (Lipinski definition) is 5. The normalized spacial score (nSPS) is 19.9. The van der Waals surface area contributed by atoms with Gasteiger partial charge in [0, 0.05) is 44.4 Å². The zero-order valence-electron chi connectivity index (χ0n) is 17.4. The Balaban J connectivity index is 1.45. The molecule has 3 heterocycles. The van der Waals surface area contributed by atoms with Crippen LogP contribution in [0.15, 0.2) is 71.1 Å². The van der Waals surface area contributed by atoms with Crippen molar-refractivity contribution in [3.05, 3.63) is 71.6 Å². The van der Waals surface area contributed by atoms with Crippen LogP contribution in [0.1, 0.15) is 5.56 Å². The summed E-state index contributed by atoms with van der Waals surface area (Å²) in [5, 5.41) is 14.7. The highest BCUT2D eigenvalue weighted by molar-refractivity contribution is 6.56. The van der Waals surface area contributed by atoms with Crippen LogP contribution in [0.5, 0.6) is 0 Å². The van der Waals surface area contributed by atoms with Crippen molar-refractivity contribution in [2.45, 2.75) is 6.82 Å². The second-order valence-electron chi connectivity index (χ2n) is 7.99. The molecule has 1 saturated heterocycles. The van der Waals surface area contributed by atoms with Gasteiger partial charge in [-0.15, -0.1) is 4.61 Å². The largest absolute Gasteiger partial charge is 0.644 e. The van der Waals surface area contributed by atoms with Gasteiger partial charge in [0.1, 0.15) is 11.4 Å². The zero-order chi connectivity index (χ0) is 20.7. The molecule has 0 atom stereocenters. The molecule has 0 radical (unpaired) electrons. The molecule has 3 aliphatic heterocycles. The molecule has 2 aromatic rings. The number of nitriles is 1. The molecule has 30 heavy (non-hydrogen) atoms. The number of rotatable bonds is 2. The van der Waals surface area contributed by atoms with Gasteiger partial charge in [0.2, 0.25) is 0 Å². The summed E-state index contributed by atoms with van der Waals surface area (Å²) in [6.45, 7) is 6.27. The number of fused-ring (bicyclic) bond motifs is 3. The predicted octanol–water partition coefficient (Wildman–Crippen LogP) is 3.93. The Morgan fingerprint density at radius 1 is 1.00 bits per heavy atom. The van der Waals surface area contributed by atoms with E-state index in [0.717, 1.165) is 48.8 Å². The number of benzene rings is 2. The Labute approximate surface area is 177 Å². The van der Waals surface area contributed by atoms with Crippen LogP contribution in [-0.2, 0) is 0 Å². The first-order valence-electron chi connectivity index (χ1n) is 10.4. The molecule has 0 aromatic heterocycles. The summed E-state index contributed by atoms with van der Waals surface area (Å²) in [7, 11) is 2.17. The minimum atomic E-state index is -0.0712. The van der Waals surface area contributed by atoms with Gasteiger partial charge in [-0.05, 0) is 54.1 Å². The number of para-hydroxylation sites is 1. The minimum Gasteiger partial charge on any atom is -0.369 e. The molecular formula is C23H24BN6+. The number of likely N-dealkylation sites (N-methyl/N-ethyl adjacent to an activating group) is 1. The minimum absolute atomic E-state index is 0.0712. The summed E-state index contributed by atoms with van der Waals surface area (Å²) in [4.78, 5) is 6.95. The molecule has 5 rings (SSSR count). The van der Waals surface area contributed by atoms with E-state index >= 15 is 0 Å². The topological polar surface area (TPSA) is 48.9 Å². The molecule has 6 nitrogen and oxygen atoms in total. The fraction of sp³-hybridized carbons (Fsp3) is 0.261. The van der Waals surface area contributed by atoms with Gasteiger partial charge in [-0.2, -0.15) is 5.26 Å². The Kier molecular flexibility index (Phi) is 4.64. The molecule has 3 aliphatic rings. The molecule has 1 fully saturated rings. The molecule has 0 saturated carbocycles. The van der Waals surface area contributed by atoms with Crippen molar-refractivity contribution in [3.63, 3.8) is 0 Å². The van der Waals surface area contributed by atoms with Gasteiger partial charge >= 0.3 is 12.7 Å². The average molecular weight is 395 g/mol. The molecular weight excluding hydrogens is 371 g/mol. The van der Waals surface area contributed by atoms with Gasteiger partial charge < -0.3 is 14.6 Å². The first kappa shape index (κ1) is 18.7. The lowest BCUT2D eigenvalue weighted by molar-refractivity contribution is -0.394. The van der Waals surface area contributed by atoms with Gasteiger partial charge in [0.15, 0.2) is 6.07 Å². The van der Waals surface area contributed by atoms with Gasteiger partial charge in [-0.25, -0.2) is 0 Å². The lowest BCUT2D eigenvalue weighted by atomic mass is 9.77. The Bertz CT molecular complexity index is 1100. The third-order valence-corrected chi connectivity index (χ3v) is 6.12. The summed E-state index contributed by atoms with van der Waals surface area (Å²) in [6, 6.07) is 19.0. The summed E-state index contributed by atoms with van der Waals surface area (Å²) >= 11 is 0. The second kappa shape index (κ2) is 7.47. The number of anilines is 2. The summed E-state index contributed by atoms with van der Waals surface area (Å²) in [6.07, 6.45) is 4.09. The SMILES string of the molecule is CB1N2C(=C(C#N)[N+]1=Nc1ccc(N3CCN(C)CC3)cc1)C=Cc1ccccc12. The molecule has 0 aliphatic carbocycles. The van der Waals surface area contributed by atoms with E-state index in [4.69, 9.17) is 5.11 Å². The van der Waals surface area contributed by atoms with E-state index < -0.39 is 0 Å². The van der Waals surface area contributed by atoms with E-state index in [1.807, 2.05) is 34.9 Å². The first-order valence-corrected chi connectivity index (χ1v) is 10.4. The van der Waals surface area contributed by atoms with Crippen LogP contribution in [0, 0.1) is 11.3 Å². The summed E-state index contributed by atoms with van der Waals surface area (Å²) < 4.78 is 1.84. The van der Waals surface area contributed by atoms with Crippen LogP contribution in [0.25, 0.3) is 6.08 Å². The highest BCUT2D eigenvalue weighted by Gasteiger charge is 2.50. The number of allylic oxidation sites excluding steroid dienone is 2. The third-order valence-electron chi connectivity index (χ3n) is 6.12. The fourth-order valence-electron chi connectivity index (χ4n) is 4.40. The molecule has 0 unspecified atom stereocenters. The predicted molar refractivity (Wildman–Crippen MR) is 121 cm³/mol. The van der Waals surface area contributed by atoms with E-state index in [1.165, 1.54) is 5.69 Å². The maximum atomic E-state index is 9.87. The molecule has 0 amide bonds. The van der Waals surface area contributed by atoms with Crippen molar-refractivity contribution in [2.24, 2.45) is 5.11 Å². The molecule has 7 heteroatoms. The van der Waals surface area contributed by atoms with E-state index in [-0.39, 0.29) is 6.98 Å². The Morgan fingerprint density at radius 2 is 1.73 bits per heavy atom. The van der Waals surface area contributed by atoms with Gasteiger partial charge in [0.05, 0.1) is 0 Å². The summed E-state index contributed by atoms with van der Waals surface area (Å²) in [5.41, 5.74) is 5.83. The standard InChI is InChI=1S/C23H24BN6/c1-24-29-21-6-4-3-5-18(21)7-12-22(29)23(17-25)30(24)26-19-8-10-20(11-9-19)28-15-13-27(2)14-16-28/h3-12H,13-16H2,1-2H3/q+1. The lowest BCUT2D eigenvalue weighted by Crippen LogP contribution is -2.44. The van der Waals surface area contributed by atoms with E-state index in [0.29, 0.717) is 5.70 Å². The van der Waals surface area contributed by atoms with Crippen LogP contribution in [0.4, 0.5) is 17.1 Å².